The molecule has 0 radical (unpaired) electrons. The fourth-order valence-corrected chi connectivity index (χ4v) is 2.95. The first kappa shape index (κ1) is 15.1. The number of nitrogens with zero attached hydrogens (tertiary/aromatic N) is 1. The summed E-state index contributed by atoms with van der Waals surface area (Å²) in [6.45, 7) is 1.45. The molecule has 1 atom stereocenters. The Hall–Kier alpha value is -0.330. The molecule has 1 heterocycles. The molecule has 1 fully saturated rings. The summed E-state index contributed by atoms with van der Waals surface area (Å²) in [6.07, 6.45) is 3.51. The Morgan fingerprint density at radius 3 is 3.00 bits per heavy atom. The molecule has 0 saturated carbocycles. The van der Waals surface area contributed by atoms with Crippen molar-refractivity contribution >= 4 is 40.1 Å². The third-order valence-corrected chi connectivity index (χ3v) is 4.43. The van der Waals surface area contributed by atoms with Gasteiger partial charge in [0.2, 0.25) is 0 Å². The molecule has 1 saturated heterocycles. The predicted molar refractivity (Wildman–Crippen MR) is 84.7 cm³/mol. The monoisotopic (exact) mass is 393 g/mol. The molecule has 104 valence electrons. The highest BCUT2D eigenvalue weighted by Crippen LogP contribution is 2.20. The van der Waals surface area contributed by atoms with Crippen molar-refractivity contribution in [1.82, 2.24) is 4.90 Å². The van der Waals surface area contributed by atoms with E-state index in [1.165, 1.54) is 6.42 Å². The van der Waals surface area contributed by atoms with Crippen molar-refractivity contribution in [2.24, 2.45) is 0 Å². The number of ether oxygens (including phenoxy) is 1. The van der Waals surface area contributed by atoms with Crippen LogP contribution in [0.25, 0.3) is 0 Å². The summed E-state index contributed by atoms with van der Waals surface area (Å²) >= 11 is 8.12. The van der Waals surface area contributed by atoms with Gasteiger partial charge in [-0.15, -0.1) is 0 Å². The van der Waals surface area contributed by atoms with Gasteiger partial charge in [0.1, 0.15) is 0 Å². The average molecular weight is 394 g/mol. The van der Waals surface area contributed by atoms with Crippen molar-refractivity contribution in [2.45, 2.75) is 25.4 Å². The zero-order valence-electron chi connectivity index (χ0n) is 10.9. The zero-order valence-corrected chi connectivity index (χ0v) is 13.8. The van der Waals surface area contributed by atoms with Gasteiger partial charge < -0.3 is 9.64 Å². The van der Waals surface area contributed by atoms with Gasteiger partial charge in [0.05, 0.1) is 11.7 Å². The van der Waals surface area contributed by atoms with E-state index in [9.17, 15) is 4.79 Å². The maximum absolute atomic E-state index is 12.4. The molecule has 0 aromatic heterocycles. The number of hydrogen-bond donors (Lipinski definition) is 0. The Bertz CT molecular complexity index is 461. The van der Waals surface area contributed by atoms with E-state index < -0.39 is 0 Å². The Morgan fingerprint density at radius 1 is 1.53 bits per heavy atom. The Kier molecular flexibility index (Phi) is 5.47. The molecule has 5 heteroatoms. The van der Waals surface area contributed by atoms with E-state index in [1.54, 1.807) is 17.0 Å². The molecule has 1 aliphatic rings. The Labute approximate surface area is 132 Å². The van der Waals surface area contributed by atoms with Gasteiger partial charge in [-0.3, -0.25) is 4.79 Å². The molecule has 0 spiro atoms. The van der Waals surface area contributed by atoms with Crippen LogP contribution < -0.4 is 0 Å². The number of benzene rings is 1. The van der Waals surface area contributed by atoms with E-state index in [4.69, 9.17) is 16.3 Å². The fourth-order valence-electron chi connectivity index (χ4n) is 2.21. The Balaban J connectivity index is 2.03. The molecule has 19 heavy (non-hydrogen) atoms. The highest BCUT2D eigenvalue weighted by atomic mass is 127. The smallest absolute Gasteiger partial charge is 0.254 e. The van der Waals surface area contributed by atoms with Crippen molar-refractivity contribution < 1.29 is 9.53 Å². The number of amides is 1. The van der Waals surface area contributed by atoms with Gasteiger partial charge >= 0.3 is 0 Å². The van der Waals surface area contributed by atoms with Crippen molar-refractivity contribution in [3.8, 4) is 0 Å². The average Bonchev–Trinajstić information content (AvgIpc) is 2.42. The predicted octanol–water partition coefficient (Wildman–Crippen LogP) is 3.59. The topological polar surface area (TPSA) is 29.5 Å². The van der Waals surface area contributed by atoms with E-state index >= 15 is 0 Å². The van der Waals surface area contributed by atoms with Crippen LogP contribution >= 0.6 is 34.2 Å². The zero-order chi connectivity index (χ0) is 13.8. The molecule has 0 bridgehead atoms. The van der Waals surface area contributed by atoms with Gasteiger partial charge in [-0.25, -0.2) is 0 Å². The standard InChI is InChI=1S/C14H17ClINO2/c1-17(9-11-4-2-3-7-19-11)14(18)12-8-10(15)5-6-13(12)16/h5-6,8,11H,2-4,7,9H2,1H3. The van der Waals surface area contributed by atoms with Gasteiger partial charge in [0.15, 0.2) is 0 Å². The molecule has 2 rings (SSSR count). The number of likely N-dealkylation sites (N-methyl/N-ethyl adjacent to an activating group) is 1. The molecule has 1 aliphatic heterocycles. The van der Waals surface area contributed by atoms with Crippen molar-refractivity contribution in [1.29, 1.82) is 0 Å². The van der Waals surface area contributed by atoms with Gasteiger partial charge in [-0.2, -0.15) is 0 Å². The first-order valence-electron chi connectivity index (χ1n) is 6.40. The van der Waals surface area contributed by atoms with Crippen LogP contribution in [0.4, 0.5) is 0 Å². The van der Waals surface area contributed by atoms with E-state index in [0.29, 0.717) is 17.1 Å². The van der Waals surface area contributed by atoms with Crippen LogP contribution in [0.1, 0.15) is 29.6 Å². The molecule has 3 nitrogen and oxygen atoms in total. The second kappa shape index (κ2) is 6.90. The molecule has 1 amide bonds. The first-order valence-corrected chi connectivity index (χ1v) is 7.85. The lowest BCUT2D eigenvalue weighted by Crippen LogP contribution is -2.37. The van der Waals surface area contributed by atoms with Crippen LogP contribution in [-0.4, -0.2) is 37.1 Å². The van der Waals surface area contributed by atoms with Crippen LogP contribution in [0.15, 0.2) is 18.2 Å². The maximum Gasteiger partial charge on any atom is 0.254 e. The molecule has 0 aliphatic carbocycles. The van der Waals surface area contributed by atoms with Crippen molar-refractivity contribution in [3.63, 3.8) is 0 Å². The highest BCUT2D eigenvalue weighted by Gasteiger charge is 2.21. The van der Waals surface area contributed by atoms with Gasteiger partial charge in [0, 0.05) is 28.8 Å². The molecule has 1 aromatic carbocycles. The summed E-state index contributed by atoms with van der Waals surface area (Å²) in [7, 11) is 1.82. The van der Waals surface area contributed by atoms with Crippen LogP contribution in [0.2, 0.25) is 5.02 Å². The normalized spacial score (nSPS) is 19.2. The third-order valence-electron chi connectivity index (χ3n) is 3.26. The highest BCUT2D eigenvalue weighted by molar-refractivity contribution is 14.1. The minimum Gasteiger partial charge on any atom is -0.376 e. The van der Waals surface area contributed by atoms with Gasteiger partial charge in [-0.1, -0.05) is 11.6 Å². The molecular weight excluding hydrogens is 377 g/mol. The van der Waals surface area contributed by atoms with E-state index in [2.05, 4.69) is 22.6 Å². The number of carbonyl (C=O) groups excluding carboxylic acids is 1. The number of halogens is 2. The SMILES string of the molecule is CN(CC1CCCCO1)C(=O)c1cc(Cl)ccc1I. The summed E-state index contributed by atoms with van der Waals surface area (Å²) in [6, 6.07) is 5.38. The van der Waals surface area contributed by atoms with Crippen LogP contribution in [0.5, 0.6) is 0 Å². The quantitative estimate of drug-likeness (QED) is 0.735. The summed E-state index contributed by atoms with van der Waals surface area (Å²) < 4.78 is 6.59. The molecule has 1 unspecified atom stereocenters. The summed E-state index contributed by atoms with van der Waals surface area (Å²) in [5, 5.41) is 0.589. The Morgan fingerprint density at radius 2 is 2.32 bits per heavy atom. The van der Waals surface area contributed by atoms with Crippen LogP contribution in [-0.2, 0) is 4.74 Å². The number of carbonyl (C=O) groups is 1. The lowest BCUT2D eigenvalue weighted by molar-refractivity contribution is -0.000206. The number of hydrogen-bond acceptors (Lipinski definition) is 2. The lowest BCUT2D eigenvalue weighted by Gasteiger charge is -2.27. The lowest BCUT2D eigenvalue weighted by atomic mass is 10.1. The van der Waals surface area contributed by atoms with Crippen molar-refractivity contribution in [2.75, 3.05) is 20.2 Å². The maximum atomic E-state index is 12.4. The van der Waals surface area contributed by atoms with Gasteiger partial charge in [-0.05, 0) is 60.1 Å². The minimum atomic E-state index is 0.000994. The van der Waals surface area contributed by atoms with Crippen LogP contribution in [0, 0.1) is 3.57 Å². The number of rotatable bonds is 3. The van der Waals surface area contributed by atoms with E-state index in [-0.39, 0.29) is 12.0 Å². The fraction of sp³-hybridized carbons (Fsp3) is 0.500. The third kappa shape index (κ3) is 4.07. The summed E-state index contributed by atoms with van der Waals surface area (Å²) in [5.74, 6) is 0.000994. The molecule has 0 N–H and O–H groups in total. The minimum absolute atomic E-state index is 0.000994. The molecule has 1 aromatic rings. The largest absolute Gasteiger partial charge is 0.376 e. The summed E-state index contributed by atoms with van der Waals surface area (Å²) in [5.41, 5.74) is 0.659. The second-order valence-corrected chi connectivity index (χ2v) is 6.40. The second-order valence-electron chi connectivity index (χ2n) is 4.80. The van der Waals surface area contributed by atoms with E-state index in [0.717, 1.165) is 23.0 Å². The first-order chi connectivity index (χ1) is 9.08. The van der Waals surface area contributed by atoms with Gasteiger partial charge in [0.25, 0.3) is 5.91 Å². The van der Waals surface area contributed by atoms with Crippen molar-refractivity contribution in [3.05, 3.63) is 32.4 Å². The van der Waals surface area contributed by atoms with Crippen LogP contribution in [0.3, 0.4) is 0 Å². The molecular formula is C14H17ClINO2. The van der Waals surface area contributed by atoms with E-state index in [1.807, 2.05) is 13.1 Å². The summed E-state index contributed by atoms with van der Waals surface area (Å²) in [4.78, 5) is 14.1.